The van der Waals surface area contributed by atoms with Gasteiger partial charge in [-0.1, -0.05) is 39.3 Å². The van der Waals surface area contributed by atoms with Gasteiger partial charge in [0.05, 0.1) is 6.04 Å². The van der Waals surface area contributed by atoms with Crippen LogP contribution in [0.4, 0.5) is 0 Å². The Morgan fingerprint density at radius 3 is 2.58 bits per heavy atom. The van der Waals surface area contributed by atoms with E-state index in [0.29, 0.717) is 12.0 Å². The largest absolute Gasteiger partial charge is 0.459 e. The van der Waals surface area contributed by atoms with Crippen LogP contribution in [0.2, 0.25) is 0 Å². The lowest BCUT2D eigenvalue weighted by Crippen LogP contribution is -2.15. The highest BCUT2D eigenvalue weighted by Crippen LogP contribution is 2.33. The molecular weight excluding hydrogens is 234 g/mol. The number of nitrogens with one attached hydrogen (secondary N) is 1. The highest BCUT2D eigenvalue weighted by atomic mass is 16.3. The second-order valence-electron chi connectivity index (χ2n) is 5.65. The fourth-order valence-corrected chi connectivity index (χ4v) is 2.64. The fourth-order valence-electron chi connectivity index (χ4n) is 2.64. The Bertz CT molecular complexity index is 554. The van der Waals surface area contributed by atoms with Gasteiger partial charge in [0.2, 0.25) is 0 Å². The molecule has 2 heteroatoms. The number of hydrogen-bond donors (Lipinski definition) is 1. The lowest BCUT2D eigenvalue weighted by atomic mass is 9.98. The van der Waals surface area contributed by atoms with Crippen LogP contribution in [0.1, 0.15) is 62.5 Å². The van der Waals surface area contributed by atoms with Crippen molar-refractivity contribution in [2.75, 3.05) is 7.05 Å². The minimum absolute atomic E-state index is 0.316. The quantitative estimate of drug-likeness (QED) is 0.824. The predicted molar refractivity (Wildman–Crippen MR) is 81.7 cm³/mol. The molecule has 1 aromatic heterocycles. The third-order valence-corrected chi connectivity index (χ3v) is 3.84. The molecule has 1 unspecified atom stereocenters. The van der Waals surface area contributed by atoms with Crippen molar-refractivity contribution in [1.82, 2.24) is 5.32 Å². The van der Waals surface area contributed by atoms with Crippen molar-refractivity contribution in [2.45, 2.75) is 52.5 Å². The number of hydrogen-bond acceptors (Lipinski definition) is 2. The molecule has 1 atom stereocenters. The van der Waals surface area contributed by atoms with Gasteiger partial charge in [0, 0.05) is 5.39 Å². The molecule has 0 bridgehead atoms. The van der Waals surface area contributed by atoms with Crippen molar-refractivity contribution in [2.24, 2.45) is 0 Å². The molecule has 2 rings (SSSR count). The number of fused-ring (bicyclic) bond motifs is 1. The first kappa shape index (κ1) is 14.1. The predicted octanol–water partition coefficient (Wildman–Crippen LogP) is 4.93. The van der Waals surface area contributed by atoms with Gasteiger partial charge >= 0.3 is 0 Å². The Kier molecular flexibility index (Phi) is 4.31. The summed E-state index contributed by atoms with van der Waals surface area (Å²) in [5.74, 6) is 1.55. The van der Waals surface area contributed by atoms with Gasteiger partial charge in [0.25, 0.3) is 0 Å². The molecular formula is C17H25NO. The van der Waals surface area contributed by atoms with E-state index in [1.54, 1.807) is 0 Å². The highest BCUT2D eigenvalue weighted by Gasteiger charge is 2.17. The lowest BCUT2D eigenvalue weighted by molar-refractivity contribution is 0.428. The van der Waals surface area contributed by atoms with Crippen molar-refractivity contribution in [3.63, 3.8) is 0 Å². The van der Waals surface area contributed by atoms with Crippen molar-refractivity contribution >= 4 is 11.0 Å². The van der Waals surface area contributed by atoms with Crippen LogP contribution in [-0.2, 0) is 0 Å². The summed E-state index contributed by atoms with van der Waals surface area (Å²) in [4.78, 5) is 0. The highest BCUT2D eigenvalue weighted by molar-refractivity contribution is 5.85. The summed E-state index contributed by atoms with van der Waals surface area (Å²) in [6, 6.07) is 6.93. The van der Waals surface area contributed by atoms with E-state index in [2.05, 4.69) is 51.2 Å². The summed E-state index contributed by atoms with van der Waals surface area (Å²) in [5, 5.41) is 4.62. The van der Waals surface area contributed by atoms with Crippen LogP contribution in [0.15, 0.2) is 22.6 Å². The van der Waals surface area contributed by atoms with Gasteiger partial charge in [0.15, 0.2) is 0 Å². The van der Waals surface area contributed by atoms with Crippen molar-refractivity contribution in [3.05, 3.63) is 35.1 Å². The zero-order valence-electron chi connectivity index (χ0n) is 12.7. The van der Waals surface area contributed by atoms with Gasteiger partial charge in [-0.05, 0) is 43.5 Å². The SMILES string of the molecule is CCCC(NC)c1cc2c(C)ccc(C(C)C)c2o1. The van der Waals surface area contributed by atoms with E-state index in [1.165, 1.54) is 16.5 Å². The van der Waals surface area contributed by atoms with Crippen LogP contribution in [0, 0.1) is 6.92 Å². The molecule has 0 aliphatic carbocycles. The molecule has 104 valence electrons. The zero-order chi connectivity index (χ0) is 14.0. The molecule has 19 heavy (non-hydrogen) atoms. The third-order valence-electron chi connectivity index (χ3n) is 3.84. The van der Waals surface area contributed by atoms with E-state index in [9.17, 15) is 0 Å². The molecule has 0 fully saturated rings. The van der Waals surface area contributed by atoms with Crippen molar-refractivity contribution in [3.8, 4) is 0 Å². The normalized spacial score (nSPS) is 13.4. The Morgan fingerprint density at radius 1 is 1.26 bits per heavy atom. The molecule has 0 radical (unpaired) electrons. The lowest BCUT2D eigenvalue weighted by Gasteiger charge is -2.11. The first-order valence-electron chi connectivity index (χ1n) is 7.28. The number of aryl methyl sites for hydroxylation is 1. The van der Waals surface area contributed by atoms with Crippen LogP contribution in [0.25, 0.3) is 11.0 Å². The van der Waals surface area contributed by atoms with Crippen LogP contribution >= 0.6 is 0 Å². The first-order chi connectivity index (χ1) is 9.08. The molecule has 0 spiro atoms. The molecule has 0 saturated carbocycles. The minimum Gasteiger partial charge on any atom is -0.459 e. The maximum Gasteiger partial charge on any atom is 0.138 e. The van der Waals surface area contributed by atoms with Crippen LogP contribution in [0.5, 0.6) is 0 Å². The summed E-state index contributed by atoms with van der Waals surface area (Å²) in [7, 11) is 2.00. The molecule has 1 aromatic carbocycles. The second-order valence-corrected chi connectivity index (χ2v) is 5.65. The van der Waals surface area contributed by atoms with Crippen molar-refractivity contribution in [1.29, 1.82) is 0 Å². The van der Waals surface area contributed by atoms with E-state index in [1.807, 2.05) is 7.05 Å². The van der Waals surface area contributed by atoms with Crippen LogP contribution in [0.3, 0.4) is 0 Å². The van der Waals surface area contributed by atoms with Gasteiger partial charge < -0.3 is 9.73 Å². The maximum absolute atomic E-state index is 6.18. The molecule has 0 amide bonds. The standard InChI is InChI=1S/C17H25NO/c1-6-7-15(18-5)16-10-14-12(4)8-9-13(11(2)3)17(14)19-16/h8-11,15,18H,6-7H2,1-5H3. The smallest absolute Gasteiger partial charge is 0.138 e. The van der Waals surface area contributed by atoms with Gasteiger partial charge in [-0.15, -0.1) is 0 Å². The molecule has 0 aliphatic heterocycles. The van der Waals surface area contributed by atoms with E-state index in [0.717, 1.165) is 24.2 Å². The molecule has 2 nitrogen and oxygen atoms in total. The zero-order valence-corrected chi connectivity index (χ0v) is 12.7. The van der Waals surface area contributed by atoms with E-state index in [-0.39, 0.29) is 0 Å². The molecule has 1 N–H and O–H groups in total. The van der Waals surface area contributed by atoms with Crippen LogP contribution in [-0.4, -0.2) is 7.05 Å². The Hall–Kier alpha value is -1.28. The summed E-state index contributed by atoms with van der Waals surface area (Å²) in [6.07, 6.45) is 2.25. The van der Waals surface area contributed by atoms with Gasteiger partial charge in [-0.3, -0.25) is 0 Å². The van der Waals surface area contributed by atoms with E-state index < -0.39 is 0 Å². The summed E-state index contributed by atoms with van der Waals surface area (Å²) in [6.45, 7) is 8.79. The van der Waals surface area contributed by atoms with E-state index >= 15 is 0 Å². The Morgan fingerprint density at radius 2 is 2.00 bits per heavy atom. The summed E-state index contributed by atoms with van der Waals surface area (Å²) < 4.78 is 6.18. The molecule has 0 aliphatic rings. The third kappa shape index (κ3) is 2.69. The second kappa shape index (κ2) is 5.79. The van der Waals surface area contributed by atoms with Gasteiger partial charge in [-0.25, -0.2) is 0 Å². The molecule has 0 saturated heterocycles. The van der Waals surface area contributed by atoms with E-state index in [4.69, 9.17) is 4.42 Å². The Labute approximate surface area is 116 Å². The number of rotatable bonds is 5. The maximum atomic E-state index is 6.18. The fraction of sp³-hybridized carbons (Fsp3) is 0.529. The Balaban J connectivity index is 2.55. The first-order valence-corrected chi connectivity index (χ1v) is 7.28. The topological polar surface area (TPSA) is 25.2 Å². The monoisotopic (exact) mass is 259 g/mol. The van der Waals surface area contributed by atoms with Crippen molar-refractivity contribution < 1.29 is 4.42 Å². The van der Waals surface area contributed by atoms with Gasteiger partial charge in [0.1, 0.15) is 11.3 Å². The molecule has 2 aromatic rings. The summed E-state index contributed by atoms with van der Waals surface area (Å²) in [5.41, 5.74) is 3.67. The average molecular weight is 259 g/mol. The average Bonchev–Trinajstić information content (AvgIpc) is 2.81. The number of furan rings is 1. The summed E-state index contributed by atoms with van der Waals surface area (Å²) >= 11 is 0. The minimum atomic E-state index is 0.316. The van der Waals surface area contributed by atoms with Gasteiger partial charge in [-0.2, -0.15) is 0 Å². The van der Waals surface area contributed by atoms with Crippen LogP contribution < -0.4 is 5.32 Å². The molecule has 1 heterocycles. The number of benzene rings is 1.